The van der Waals surface area contributed by atoms with Gasteiger partial charge in [0.1, 0.15) is 5.69 Å². The van der Waals surface area contributed by atoms with Crippen molar-refractivity contribution >= 4 is 21.2 Å². The summed E-state index contributed by atoms with van der Waals surface area (Å²) in [7, 11) is -3.65. The first-order valence-electron chi connectivity index (χ1n) is 5.71. The monoisotopic (exact) mass is 292 g/mol. The molecular formula is C13H12N2O4S. The molecule has 0 radical (unpaired) electrons. The third kappa shape index (κ3) is 2.77. The van der Waals surface area contributed by atoms with Crippen molar-refractivity contribution in [2.75, 3.05) is 5.73 Å². The summed E-state index contributed by atoms with van der Waals surface area (Å²) in [5.41, 5.74) is 5.23. The Kier molecular flexibility index (Phi) is 3.71. The molecule has 2 N–H and O–H groups in total. The second kappa shape index (κ2) is 5.30. The van der Waals surface area contributed by atoms with Crippen LogP contribution in [0.4, 0.5) is 11.4 Å². The molecule has 0 aliphatic heterocycles. The standard InChI is InChI=1S/C13H12N2O4S/c14-12-8-4-5-10(13(12)15(16)17)9-20(18,19)11-6-2-1-3-7-11/h1-8H,9,14H2. The Bertz CT molecular complexity index is 742. The topological polar surface area (TPSA) is 103 Å². The summed E-state index contributed by atoms with van der Waals surface area (Å²) in [6.45, 7) is 0. The zero-order valence-corrected chi connectivity index (χ0v) is 11.2. The number of hydrogen-bond donors (Lipinski definition) is 1. The summed E-state index contributed by atoms with van der Waals surface area (Å²) in [4.78, 5) is 10.5. The molecular weight excluding hydrogens is 280 g/mol. The lowest BCUT2D eigenvalue weighted by atomic mass is 10.2. The highest BCUT2D eigenvalue weighted by Crippen LogP contribution is 2.29. The van der Waals surface area contributed by atoms with E-state index in [0.29, 0.717) is 0 Å². The van der Waals surface area contributed by atoms with E-state index in [1.54, 1.807) is 18.2 Å². The molecule has 0 aliphatic carbocycles. The van der Waals surface area contributed by atoms with Crippen molar-refractivity contribution in [1.82, 2.24) is 0 Å². The number of nitrogens with zero attached hydrogens (tertiary/aromatic N) is 1. The summed E-state index contributed by atoms with van der Waals surface area (Å²) >= 11 is 0. The quantitative estimate of drug-likeness (QED) is 0.528. The molecule has 2 aromatic carbocycles. The van der Waals surface area contributed by atoms with Gasteiger partial charge in [0.25, 0.3) is 5.69 Å². The summed E-state index contributed by atoms with van der Waals surface area (Å²) in [6.07, 6.45) is 0. The highest BCUT2D eigenvalue weighted by molar-refractivity contribution is 7.90. The molecule has 0 saturated carbocycles. The minimum absolute atomic E-state index is 0.0456. The van der Waals surface area contributed by atoms with E-state index >= 15 is 0 Å². The molecule has 0 amide bonds. The molecule has 0 aliphatic rings. The molecule has 0 saturated heterocycles. The predicted octanol–water partition coefficient (Wildman–Crippen LogP) is 2.15. The minimum atomic E-state index is -3.65. The molecule has 20 heavy (non-hydrogen) atoms. The molecule has 6 nitrogen and oxygen atoms in total. The van der Waals surface area contributed by atoms with E-state index in [4.69, 9.17) is 5.73 Å². The van der Waals surface area contributed by atoms with Crippen LogP contribution in [0.5, 0.6) is 0 Å². The zero-order valence-electron chi connectivity index (χ0n) is 10.4. The van der Waals surface area contributed by atoms with E-state index in [-0.39, 0.29) is 21.8 Å². The number of nitrogens with two attached hydrogens (primary N) is 1. The molecule has 0 bridgehead atoms. The van der Waals surface area contributed by atoms with Gasteiger partial charge in [-0.15, -0.1) is 0 Å². The maximum Gasteiger partial charge on any atom is 0.296 e. The van der Waals surface area contributed by atoms with Crippen molar-refractivity contribution < 1.29 is 13.3 Å². The lowest BCUT2D eigenvalue weighted by molar-refractivity contribution is -0.384. The third-order valence-corrected chi connectivity index (χ3v) is 4.46. The minimum Gasteiger partial charge on any atom is -0.393 e. The van der Waals surface area contributed by atoms with Crippen molar-refractivity contribution in [1.29, 1.82) is 0 Å². The van der Waals surface area contributed by atoms with Crippen molar-refractivity contribution in [2.45, 2.75) is 10.6 Å². The Morgan fingerprint density at radius 2 is 1.70 bits per heavy atom. The number of sulfone groups is 1. The van der Waals surface area contributed by atoms with Gasteiger partial charge >= 0.3 is 0 Å². The molecule has 0 aromatic heterocycles. The van der Waals surface area contributed by atoms with Crippen LogP contribution in [0.3, 0.4) is 0 Å². The van der Waals surface area contributed by atoms with Crippen molar-refractivity contribution in [2.24, 2.45) is 0 Å². The zero-order chi connectivity index (χ0) is 14.8. The fourth-order valence-electron chi connectivity index (χ4n) is 1.87. The van der Waals surface area contributed by atoms with Gasteiger partial charge in [-0.25, -0.2) is 8.42 Å². The van der Waals surface area contributed by atoms with E-state index in [9.17, 15) is 18.5 Å². The van der Waals surface area contributed by atoms with Crippen molar-refractivity contribution in [3.63, 3.8) is 0 Å². The Morgan fingerprint density at radius 3 is 2.30 bits per heavy atom. The van der Waals surface area contributed by atoms with Gasteiger partial charge in [-0.3, -0.25) is 10.1 Å². The van der Waals surface area contributed by atoms with Crippen LogP contribution in [-0.4, -0.2) is 13.3 Å². The number of nitro benzene ring substituents is 1. The average molecular weight is 292 g/mol. The lowest BCUT2D eigenvalue weighted by Gasteiger charge is -2.06. The number of para-hydroxylation sites is 1. The van der Waals surface area contributed by atoms with Crippen LogP contribution in [0.1, 0.15) is 5.56 Å². The molecule has 2 rings (SSSR count). The average Bonchev–Trinajstić information content (AvgIpc) is 2.39. The van der Waals surface area contributed by atoms with E-state index in [2.05, 4.69) is 0 Å². The highest BCUT2D eigenvalue weighted by Gasteiger charge is 2.23. The van der Waals surface area contributed by atoms with Gasteiger partial charge in [-0.05, 0) is 18.2 Å². The predicted molar refractivity (Wildman–Crippen MR) is 74.8 cm³/mol. The van der Waals surface area contributed by atoms with Gasteiger partial charge in [-0.2, -0.15) is 0 Å². The largest absolute Gasteiger partial charge is 0.393 e. The Balaban J connectivity index is 2.46. The van der Waals surface area contributed by atoms with Gasteiger partial charge in [0, 0.05) is 5.56 Å². The summed E-state index contributed by atoms with van der Waals surface area (Å²) in [6, 6.07) is 12.1. The molecule has 0 heterocycles. The van der Waals surface area contributed by atoms with Crippen LogP contribution in [0.2, 0.25) is 0 Å². The number of nitrogen functional groups attached to an aromatic ring is 1. The van der Waals surface area contributed by atoms with Crippen LogP contribution in [0.25, 0.3) is 0 Å². The SMILES string of the molecule is Nc1cccc(CS(=O)(=O)c2ccccc2)c1[N+](=O)[O-]. The van der Waals surface area contributed by atoms with E-state index in [1.807, 2.05) is 0 Å². The van der Waals surface area contributed by atoms with Crippen LogP contribution in [0.15, 0.2) is 53.4 Å². The van der Waals surface area contributed by atoms with Crippen LogP contribution < -0.4 is 5.73 Å². The number of nitro groups is 1. The molecule has 0 unspecified atom stereocenters. The van der Waals surface area contributed by atoms with Crippen LogP contribution in [0, 0.1) is 10.1 Å². The second-order valence-corrected chi connectivity index (χ2v) is 6.17. The fourth-order valence-corrected chi connectivity index (χ4v) is 3.25. The summed E-state index contributed by atoms with van der Waals surface area (Å²) in [5.74, 6) is -0.460. The molecule has 7 heteroatoms. The smallest absolute Gasteiger partial charge is 0.296 e. The molecule has 0 atom stereocenters. The fraction of sp³-hybridized carbons (Fsp3) is 0.0769. The van der Waals surface area contributed by atoms with Crippen molar-refractivity contribution in [3.05, 3.63) is 64.2 Å². The maximum atomic E-state index is 12.2. The molecule has 104 valence electrons. The van der Waals surface area contributed by atoms with Crippen LogP contribution in [-0.2, 0) is 15.6 Å². The second-order valence-electron chi connectivity index (χ2n) is 4.18. The molecule has 0 fully saturated rings. The Morgan fingerprint density at radius 1 is 1.05 bits per heavy atom. The third-order valence-electron chi connectivity index (χ3n) is 2.78. The molecule has 2 aromatic rings. The van der Waals surface area contributed by atoms with Gasteiger partial charge in [0.05, 0.1) is 15.6 Å². The highest BCUT2D eigenvalue weighted by atomic mass is 32.2. The molecule has 0 spiro atoms. The van der Waals surface area contributed by atoms with E-state index < -0.39 is 20.5 Å². The number of rotatable bonds is 4. The first-order chi connectivity index (χ1) is 9.42. The normalized spacial score (nSPS) is 11.2. The first kappa shape index (κ1) is 14.0. The number of anilines is 1. The van der Waals surface area contributed by atoms with Gasteiger partial charge < -0.3 is 5.73 Å². The number of hydrogen-bond acceptors (Lipinski definition) is 5. The van der Waals surface area contributed by atoms with Gasteiger partial charge in [0.2, 0.25) is 0 Å². The van der Waals surface area contributed by atoms with Gasteiger partial charge in [0.15, 0.2) is 9.84 Å². The summed E-state index contributed by atoms with van der Waals surface area (Å²) in [5, 5.41) is 11.0. The van der Waals surface area contributed by atoms with Crippen LogP contribution >= 0.6 is 0 Å². The summed E-state index contributed by atoms with van der Waals surface area (Å²) < 4.78 is 24.4. The first-order valence-corrected chi connectivity index (χ1v) is 7.36. The Labute approximate surface area is 115 Å². The Hall–Kier alpha value is -2.41. The van der Waals surface area contributed by atoms with E-state index in [0.717, 1.165) is 0 Å². The van der Waals surface area contributed by atoms with Gasteiger partial charge in [-0.1, -0.05) is 30.3 Å². The van der Waals surface area contributed by atoms with Crippen molar-refractivity contribution in [3.8, 4) is 0 Å². The number of benzene rings is 2. The maximum absolute atomic E-state index is 12.2. The van der Waals surface area contributed by atoms with E-state index in [1.165, 1.54) is 30.3 Å². The lowest BCUT2D eigenvalue weighted by Crippen LogP contribution is -2.08.